The van der Waals surface area contributed by atoms with E-state index in [9.17, 15) is 0 Å². The Morgan fingerprint density at radius 1 is 1.00 bits per heavy atom. The molecule has 0 saturated carbocycles. The van der Waals surface area contributed by atoms with Gasteiger partial charge in [-0.05, 0) is 25.1 Å². The predicted molar refractivity (Wildman–Crippen MR) is 89.2 cm³/mol. The van der Waals surface area contributed by atoms with E-state index in [2.05, 4.69) is 10.3 Å². The van der Waals surface area contributed by atoms with Crippen molar-refractivity contribution in [1.82, 2.24) is 4.98 Å². The van der Waals surface area contributed by atoms with Gasteiger partial charge in [0.25, 0.3) is 0 Å². The van der Waals surface area contributed by atoms with Gasteiger partial charge in [0.2, 0.25) is 0 Å². The Kier molecular flexibility index (Phi) is 5.82. The van der Waals surface area contributed by atoms with Crippen LogP contribution in [0.1, 0.15) is 12.6 Å². The van der Waals surface area contributed by atoms with Crippen LogP contribution in [0.2, 0.25) is 20.1 Å². The third kappa shape index (κ3) is 4.30. The standard InChI is InChI=1S/C14H12Cl4N2O/c1-2-19-14-4-3-8(15)12(20-14)7-21-13-6-10(17)9(16)5-11(13)18/h3-6H,2,7H2,1H3,(H,19,20). The van der Waals surface area contributed by atoms with Crippen LogP contribution in [0.15, 0.2) is 24.3 Å². The molecule has 1 aromatic heterocycles. The first-order chi connectivity index (χ1) is 10.0. The van der Waals surface area contributed by atoms with Crippen LogP contribution in [-0.4, -0.2) is 11.5 Å². The van der Waals surface area contributed by atoms with Gasteiger partial charge in [-0.3, -0.25) is 0 Å². The highest BCUT2D eigenvalue weighted by atomic mass is 35.5. The van der Waals surface area contributed by atoms with Gasteiger partial charge in [0.15, 0.2) is 0 Å². The molecule has 1 heterocycles. The van der Waals surface area contributed by atoms with Crippen LogP contribution in [0, 0.1) is 0 Å². The lowest BCUT2D eigenvalue weighted by Gasteiger charge is -2.11. The topological polar surface area (TPSA) is 34.1 Å². The number of nitrogens with one attached hydrogen (secondary N) is 1. The van der Waals surface area contributed by atoms with Crippen molar-refractivity contribution in [2.45, 2.75) is 13.5 Å². The largest absolute Gasteiger partial charge is 0.486 e. The molecule has 0 spiro atoms. The van der Waals surface area contributed by atoms with Crippen molar-refractivity contribution >= 4 is 52.2 Å². The average molecular weight is 366 g/mol. The number of anilines is 1. The molecule has 1 N–H and O–H groups in total. The lowest BCUT2D eigenvalue weighted by atomic mass is 10.3. The summed E-state index contributed by atoms with van der Waals surface area (Å²) in [7, 11) is 0. The van der Waals surface area contributed by atoms with Crippen molar-refractivity contribution in [2.24, 2.45) is 0 Å². The van der Waals surface area contributed by atoms with Gasteiger partial charge in [-0.2, -0.15) is 0 Å². The first-order valence-corrected chi connectivity index (χ1v) is 7.69. The molecule has 0 atom stereocenters. The van der Waals surface area contributed by atoms with E-state index in [1.54, 1.807) is 12.1 Å². The number of halogens is 4. The van der Waals surface area contributed by atoms with E-state index in [1.165, 1.54) is 6.07 Å². The Morgan fingerprint density at radius 3 is 2.43 bits per heavy atom. The molecule has 3 nitrogen and oxygen atoms in total. The van der Waals surface area contributed by atoms with Crippen molar-refractivity contribution in [3.8, 4) is 5.75 Å². The second-order valence-electron chi connectivity index (χ2n) is 4.14. The highest BCUT2D eigenvalue weighted by Crippen LogP contribution is 2.34. The van der Waals surface area contributed by atoms with Gasteiger partial charge in [-0.1, -0.05) is 46.4 Å². The van der Waals surface area contributed by atoms with Crippen molar-refractivity contribution in [3.63, 3.8) is 0 Å². The fourth-order valence-electron chi connectivity index (χ4n) is 1.63. The van der Waals surface area contributed by atoms with Gasteiger partial charge in [-0.15, -0.1) is 0 Å². The Bertz CT molecular complexity index is 649. The molecule has 0 aliphatic rings. The highest BCUT2D eigenvalue weighted by Gasteiger charge is 2.10. The fourth-order valence-corrected chi connectivity index (χ4v) is 2.38. The van der Waals surface area contributed by atoms with E-state index in [-0.39, 0.29) is 6.61 Å². The maximum absolute atomic E-state index is 6.11. The maximum Gasteiger partial charge on any atom is 0.140 e. The highest BCUT2D eigenvalue weighted by molar-refractivity contribution is 6.43. The summed E-state index contributed by atoms with van der Waals surface area (Å²) in [6, 6.07) is 6.67. The zero-order valence-corrected chi connectivity index (χ0v) is 14.1. The van der Waals surface area contributed by atoms with E-state index >= 15 is 0 Å². The van der Waals surface area contributed by atoms with Gasteiger partial charge in [0.1, 0.15) is 18.2 Å². The minimum absolute atomic E-state index is 0.176. The van der Waals surface area contributed by atoms with Crippen LogP contribution >= 0.6 is 46.4 Å². The molecular formula is C14H12Cl4N2O. The molecule has 0 saturated heterocycles. The third-order valence-corrected chi connectivity index (χ3v) is 3.98. The monoisotopic (exact) mass is 364 g/mol. The number of nitrogens with zero attached hydrogens (tertiary/aromatic N) is 1. The SMILES string of the molecule is CCNc1ccc(Cl)c(COc2cc(Cl)c(Cl)cc2Cl)n1. The summed E-state index contributed by atoms with van der Waals surface area (Å²) >= 11 is 24.0. The van der Waals surface area contributed by atoms with E-state index in [4.69, 9.17) is 51.1 Å². The number of hydrogen-bond donors (Lipinski definition) is 1. The lowest BCUT2D eigenvalue weighted by Crippen LogP contribution is -2.04. The van der Waals surface area contributed by atoms with Crippen molar-refractivity contribution in [3.05, 3.63) is 50.0 Å². The Hall–Kier alpha value is -0.870. The summed E-state index contributed by atoms with van der Waals surface area (Å²) in [6.07, 6.45) is 0. The molecule has 0 bridgehead atoms. The van der Waals surface area contributed by atoms with Crippen LogP contribution in [0.25, 0.3) is 0 Å². The minimum atomic E-state index is 0.176. The molecule has 0 fully saturated rings. The normalized spacial score (nSPS) is 10.5. The van der Waals surface area contributed by atoms with Gasteiger partial charge in [0, 0.05) is 12.6 Å². The van der Waals surface area contributed by atoms with Crippen LogP contribution in [0.4, 0.5) is 5.82 Å². The summed E-state index contributed by atoms with van der Waals surface area (Å²) in [5, 5.41) is 4.76. The second-order valence-corrected chi connectivity index (χ2v) is 5.77. The molecule has 112 valence electrons. The zero-order chi connectivity index (χ0) is 15.4. The molecule has 21 heavy (non-hydrogen) atoms. The lowest BCUT2D eigenvalue weighted by molar-refractivity contribution is 0.302. The molecule has 0 aliphatic carbocycles. The number of hydrogen-bond acceptors (Lipinski definition) is 3. The first-order valence-electron chi connectivity index (χ1n) is 6.18. The van der Waals surface area contributed by atoms with Crippen LogP contribution in [0.5, 0.6) is 5.75 Å². The van der Waals surface area contributed by atoms with Crippen molar-refractivity contribution in [2.75, 3.05) is 11.9 Å². The second kappa shape index (κ2) is 7.41. The van der Waals surface area contributed by atoms with Crippen LogP contribution < -0.4 is 10.1 Å². The van der Waals surface area contributed by atoms with Gasteiger partial charge in [-0.25, -0.2) is 4.98 Å². The fraction of sp³-hybridized carbons (Fsp3) is 0.214. The van der Waals surface area contributed by atoms with E-state index in [1.807, 2.05) is 13.0 Å². The average Bonchev–Trinajstić information content (AvgIpc) is 2.44. The summed E-state index contributed by atoms with van der Waals surface area (Å²) in [6.45, 7) is 2.94. The number of rotatable bonds is 5. The summed E-state index contributed by atoms with van der Waals surface area (Å²) in [5.41, 5.74) is 0.609. The molecule has 7 heteroatoms. The summed E-state index contributed by atoms with van der Waals surface area (Å²) < 4.78 is 5.62. The molecule has 2 rings (SSSR count). The number of ether oxygens (including phenoxy) is 1. The molecule has 2 aromatic rings. The molecule has 1 aromatic carbocycles. The third-order valence-electron chi connectivity index (χ3n) is 2.62. The molecule has 0 radical (unpaired) electrons. The van der Waals surface area contributed by atoms with E-state index < -0.39 is 0 Å². The van der Waals surface area contributed by atoms with Crippen LogP contribution in [0.3, 0.4) is 0 Å². The smallest absolute Gasteiger partial charge is 0.140 e. The molecule has 0 aliphatic heterocycles. The predicted octanol–water partition coefficient (Wildman–Crippen LogP) is 5.71. The van der Waals surface area contributed by atoms with E-state index in [0.717, 1.165) is 12.4 Å². The molecule has 0 unspecified atom stereocenters. The zero-order valence-electron chi connectivity index (χ0n) is 11.1. The maximum atomic E-state index is 6.11. The quantitative estimate of drug-likeness (QED) is 0.689. The van der Waals surface area contributed by atoms with E-state index in [0.29, 0.717) is 31.5 Å². The number of aromatic nitrogens is 1. The minimum Gasteiger partial charge on any atom is -0.486 e. The summed E-state index contributed by atoms with van der Waals surface area (Å²) in [4.78, 5) is 4.38. The van der Waals surface area contributed by atoms with Crippen molar-refractivity contribution < 1.29 is 4.74 Å². The molecule has 0 amide bonds. The molecular weight excluding hydrogens is 354 g/mol. The first kappa shape index (κ1) is 16.5. The number of benzene rings is 1. The number of pyridine rings is 1. The Morgan fingerprint density at radius 2 is 1.71 bits per heavy atom. The van der Waals surface area contributed by atoms with Gasteiger partial charge >= 0.3 is 0 Å². The summed E-state index contributed by atoms with van der Waals surface area (Å²) in [5.74, 6) is 1.17. The Balaban J connectivity index is 2.16. The van der Waals surface area contributed by atoms with Crippen molar-refractivity contribution in [1.29, 1.82) is 0 Å². The Labute approximate surface area is 143 Å². The van der Waals surface area contributed by atoms with Gasteiger partial charge in [0.05, 0.1) is 25.8 Å². The van der Waals surface area contributed by atoms with Crippen LogP contribution in [-0.2, 0) is 6.61 Å². The van der Waals surface area contributed by atoms with Gasteiger partial charge < -0.3 is 10.1 Å².